The monoisotopic (exact) mass is 338 g/mol. The predicted molar refractivity (Wildman–Crippen MR) is 94.8 cm³/mol. The summed E-state index contributed by atoms with van der Waals surface area (Å²) in [7, 11) is 0. The molecule has 0 bridgehead atoms. The van der Waals surface area contributed by atoms with Gasteiger partial charge >= 0.3 is 0 Å². The summed E-state index contributed by atoms with van der Waals surface area (Å²) in [6.07, 6.45) is 1.07. The number of nitrogens with zero attached hydrogens (tertiary/aromatic N) is 5. The highest BCUT2D eigenvalue weighted by atomic mass is 16.5. The SMILES string of the molecule is CCCNCc1nc(C)cc(-c2nc(-c3cc(C)nc(C)c3)no2)n1. The van der Waals surface area contributed by atoms with Crippen molar-refractivity contribution in [1.29, 1.82) is 0 Å². The van der Waals surface area contributed by atoms with Crippen LogP contribution in [-0.4, -0.2) is 31.6 Å². The smallest absolute Gasteiger partial charge is 0.276 e. The standard InChI is InChI=1S/C18H22N6O/c1-5-6-19-10-16-21-13(4)9-15(22-16)18-23-17(24-25-18)14-7-11(2)20-12(3)8-14/h7-9,19H,5-6,10H2,1-4H3. The Morgan fingerprint density at radius 2 is 1.64 bits per heavy atom. The Morgan fingerprint density at radius 3 is 2.36 bits per heavy atom. The third-order valence-electron chi connectivity index (χ3n) is 3.60. The van der Waals surface area contributed by atoms with Crippen molar-refractivity contribution in [1.82, 2.24) is 30.4 Å². The maximum atomic E-state index is 5.43. The quantitative estimate of drug-likeness (QED) is 0.691. The molecule has 0 amide bonds. The average Bonchev–Trinajstić information content (AvgIpc) is 3.04. The van der Waals surface area contributed by atoms with Gasteiger partial charge in [0.15, 0.2) is 0 Å². The summed E-state index contributed by atoms with van der Waals surface area (Å²) in [6, 6.07) is 5.73. The lowest BCUT2D eigenvalue weighted by molar-refractivity contribution is 0.430. The predicted octanol–water partition coefficient (Wildman–Crippen LogP) is 3.01. The normalized spacial score (nSPS) is 11.0. The van der Waals surface area contributed by atoms with Gasteiger partial charge in [0, 0.05) is 22.6 Å². The van der Waals surface area contributed by atoms with E-state index in [1.165, 1.54) is 0 Å². The zero-order valence-electron chi connectivity index (χ0n) is 15.0. The summed E-state index contributed by atoms with van der Waals surface area (Å²) in [5.41, 5.74) is 4.23. The molecule has 7 heteroatoms. The third-order valence-corrected chi connectivity index (χ3v) is 3.60. The van der Waals surface area contributed by atoms with Crippen LogP contribution in [0.15, 0.2) is 22.7 Å². The maximum absolute atomic E-state index is 5.43. The van der Waals surface area contributed by atoms with Crippen molar-refractivity contribution in [2.45, 2.75) is 40.7 Å². The second kappa shape index (κ2) is 7.48. The second-order valence-electron chi connectivity index (χ2n) is 6.05. The summed E-state index contributed by atoms with van der Waals surface area (Å²) in [6.45, 7) is 9.49. The molecule has 3 aromatic rings. The van der Waals surface area contributed by atoms with E-state index in [1.807, 2.05) is 39.0 Å². The van der Waals surface area contributed by atoms with E-state index in [1.54, 1.807) is 0 Å². The van der Waals surface area contributed by atoms with Crippen molar-refractivity contribution in [3.8, 4) is 23.0 Å². The lowest BCUT2D eigenvalue weighted by Gasteiger charge is -2.04. The first kappa shape index (κ1) is 17.2. The van der Waals surface area contributed by atoms with Gasteiger partial charge in [-0.1, -0.05) is 12.1 Å². The summed E-state index contributed by atoms with van der Waals surface area (Å²) in [4.78, 5) is 17.8. The highest BCUT2D eigenvalue weighted by molar-refractivity contribution is 5.58. The molecular weight excluding hydrogens is 316 g/mol. The van der Waals surface area contributed by atoms with Crippen molar-refractivity contribution < 1.29 is 4.52 Å². The molecular formula is C18H22N6O. The molecule has 0 unspecified atom stereocenters. The fraction of sp³-hybridized carbons (Fsp3) is 0.389. The molecule has 0 atom stereocenters. The van der Waals surface area contributed by atoms with Gasteiger partial charge in [-0.2, -0.15) is 4.98 Å². The van der Waals surface area contributed by atoms with Gasteiger partial charge in [0.05, 0.1) is 6.54 Å². The number of pyridine rings is 1. The molecule has 1 N–H and O–H groups in total. The number of aryl methyl sites for hydroxylation is 3. The molecule has 3 aromatic heterocycles. The Morgan fingerprint density at radius 1 is 0.920 bits per heavy atom. The minimum absolute atomic E-state index is 0.393. The van der Waals surface area contributed by atoms with E-state index in [-0.39, 0.29) is 0 Å². The molecule has 3 heterocycles. The molecule has 0 spiro atoms. The van der Waals surface area contributed by atoms with Gasteiger partial charge in [0.1, 0.15) is 11.5 Å². The van der Waals surface area contributed by atoms with Crippen LogP contribution in [-0.2, 0) is 6.54 Å². The van der Waals surface area contributed by atoms with Crippen molar-refractivity contribution in [2.75, 3.05) is 6.54 Å². The van der Waals surface area contributed by atoms with Gasteiger partial charge in [0.2, 0.25) is 5.82 Å². The summed E-state index contributed by atoms with van der Waals surface area (Å²) < 4.78 is 5.43. The minimum Gasteiger partial charge on any atom is -0.332 e. The molecule has 0 aliphatic rings. The highest BCUT2D eigenvalue weighted by Gasteiger charge is 2.14. The van der Waals surface area contributed by atoms with Crippen LogP contribution >= 0.6 is 0 Å². The highest BCUT2D eigenvalue weighted by Crippen LogP contribution is 2.22. The lowest BCUT2D eigenvalue weighted by atomic mass is 10.2. The first-order valence-corrected chi connectivity index (χ1v) is 8.40. The van der Waals surface area contributed by atoms with E-state index < -0.39 is 0 Å². The molecule has 0 radical (unpaired) electrons. The Kier molecular flexibility index (Phi) is 5.14. The van der Waals surface area contributed by atoms with Crippen molar-refractivity contribution in [3.63, 3.8) is 0 Å². The van der Waals surface area contributed by atoms with E-state index in [9.17, 15) is 0 Å². The van der Waals surface area contributed by atoms with E-state index in [2.05, 4.69) is 37.3 Å². The van der Waals surface area contributed by atoms with Crippen molar-refractivity contribution >= 4 is 0 Å². The zero-order valence-corrected chi connectivity index (χ0v) is 15.0. The molecule has 0 aromatic carbocycles. The van der Waals surface area contributed by atoms with E-state index in [0.717, 1.165) is 41.4 Å². The maximum Gasteiger partial charge on any atom is 0.276 e. The minimum atomic E-state index is 0.393. The van der Waals surface area contributed by atoms with Crippen LogP contribution in [0.1, 0.15) is 36.3 Å². The largest absolute Gasteiger partial charge is 0.332 e. The van der Waals surface area contributed by atoms with Crippen molar-refractivity contribution in [2.24, 2.45) is 0 Å². The number of nitrogens with one attached hydrogen (secondary N) is 1. The van der Waals surface area contributed by atoms with E-state index in [0.29, 0.717) is 24.0 Å². The van der Waals surface area contributed by atoms with Crippen LogP contribution in [0.3, 0.4) is 0 Å². The Balaban J connectivity index is 1.89. The molecule has 0 aliphatic heterocycles. The van der Waals surface area contributed by atoms with Crippen LogP contribution in [0.4, 0.5) is 0 Å². The topological polar surface area (TPSA) is 89.6 Å². The molecule has 130 valence electrons. The zero-order chi connectivity index (χ0) is 17.8. The van der Waals surface area contributed by atoms with Gasteiger partial charge in [-0.15, -0.1) is 0 Å². The Hall–Kier alpha value is -2.67. The van der Waals surface area contributed by atoms with Crippen LogP contribution in [0.25, 0.3) is 23.0 Å². The Bertz CT molecular complexity index is 854. The van der Waals surface area contributed by atoms with Crippen LogP contribution in [0.2, 0.25) is 0 Å². The van der Waals surface area contributed by atoms with Crippen LogP contribution in [0, 0.1) is 20.8 Å². The van der Waals surface area contributed by atoms with Gasteiger partial charge in [-0.25, -0.2) is 9.97 Å². The number of hydrogen-bond acceptors (Lipinski definition) is 7. The fourth-order valence-electron chi connectivity index (χ4n) is 2.60. The van der Waals surface area contributed by atoms with Crippen LogP contribution < -0.4 is 5.32 Å². The van der Waals surface area contributed by atoms with Crippen LogP contribution in [0.5, 0.6) is 0 Å². The molecule has 7 nitrogen and oxygen atoms in total. The lowest BCUT2D eigenvalue weighted by Crippen LogP contribution is -2.16. The number of aromatic nitrogens is 5. The van der Waals surface area contributed by atoms with Crippen molar-refractivity contribution in [3.05, 3.63) is 41.1 Å². The van der Waals surface area contributed by atoms with E-state index >= 15 is 0 Å². The summed E-state index contributed by atoms with van der Waals surface area (Å²) in [5, 5.41) is 7.39. The molecule has 0 saturated carbocycles. The number of hydrogen-bond donors (Lipinski definition) is 1. The molecule has 0 aliphatic carbocycles. The molecule has 0 saturated heterocycles. The molecule has 25 heavy (non-hydrogen) atoms. The summed E-state index contributed by atoms with van der Waals surface area (Å²) in [5.74, 6) is 1.65. The van der Waals surface area contributed by atoms with Gasteiger partial charge in [-0.3, -0.25) is 4.98 Å². The molecule has 0 fully saturated rings. The fourth-order valence-corrected chi connectivity index (χ4v) is 2.60. The first-order valence-electron chi connectivity index (χ1n) is 8.40. The molecule has 3 rings (SSSR count). The van der Waals surface area contributed by atoms with E-state index in [4.69, 9.17) is 4.52 Å². The van der Waals surface area contributed by atoms with Gasteiger partial charge < -0.3 is 9.84 Å². The second-order valence-corrected chi connectivity index (χ2v) is 6.05. The Labute approximate surface area is 146 Å². The first-order chi connectivity index (χ1) is 12.0. The average molecular weight is 338 g/mol. The summed E-state index contributed by atoms with van der Waals surface area (Å²) >= 11 is 0. The van der Waals surface area contributed by atoms with Gasteiger partial charge in [0.25, 0.3) is 5.89 Å². The number of rotatable bonds is 6. The van der Waals surface area contributed by atoms with Gasteiger partial charge in [-0.05, 0) is 51.9 Å². The third kappa shape index (κ3) is 4.24.